The molecule has 1 fully saturated rings. The van der Waals surface area contributed by atoms with Crippen molar-refractivity contribution in [2.45, 2.75) is 19.4 Å². The van der Waals surface area contributed by atoms with Crippen molar-refractivity contribution in [2.24, 2.45) is 0 Å². The Hall–Kier alpha value is 1.42. The molecule has 1 rings (SSSR count). The highest BCUT2D eigenvalue weighted by Gasteiger charge is 2.12. The number of hydrogen-bond acceptors (Lipinski definition) is 8. The van der Waals surface area contributed by atoms with E-state index in [1.165, 1.54) is 0 Å². The van der Waals surface area contributed by atoms with Gasteiger partial charge in [0.1, 0.15) is 0 Å². The molecule has 0 spiro atoms. The molecular weight excluding hydrogens is 389 g/mol. The summed E-state index contributed by atoms with van der Waals surface area (Å²) in [5.74, 6) is 0. The molecule has 19 heavy (non-hydrogen) atoms. The normalized spacial score (nSPS) is 34.9. The van der Waals surface area contributed by atoms with E-state index in [2.05, 4.69) is 6.92 Å². The van der Waals surface area contributed by atoms with Crippen molar-refractivity contribution < 1.29 is 32.9 Å². The van der Waals surface area contributed by atoms with Crippen LogP contribution in [0.15, 0.2) is 0 Å². The van der Waals surface area contributed by atoms with Crippen LogP contribution < -0.4 is 0 Å². The van der Waals surface area contributed by atoms with Gasteiger partial charge in [-0.25, -0.2) is 0 Å². The van der Waals surface area contributed by atoms with Crippen molar-refractivity contribution in [3.8, 4) is 0 Å². The maximum atomic E-state index is 5.77. The maximum absolute atomic E-state index is 5.77. The molecule has 0 aromatic carbocycles. The zero-order chi connectivity index (χ0) is 13.6. The highest BCUT2D eigenvalue weighted by molar-refractivity contribution is 6.58. The minimum Gasteiger partial charge on any atom is -0.425 e. The monoisotopic (exact) mass is 410 g/mol. The molecule has 0 saturated carbocycles. The van der Waals surface area contributed by atoms with E-state index in [1.54, 1.807) is 0 Å². The standard InChI is InChI=1S/C3H22O8Si8/c1-2-3-19-10-17-8-15-6-13-4-12-5-14-7-16-9-18-11-19/h19H,2-3,12-18H2,1H3. The van der Waals surface area contributed by atoms with Gasteiger partial charge in [-0.2, -0.15) is 0 Å². The second kappa shape index (κ2) is 14.4. The van der Waals surface area contributed by atoms with Crippen LogP contribution in [0.1, 0.15) is 13.3 Å². The molecule has 1 heterocycles. The molecular formula is C3H22O8Si8. The molecule has 1 aliphatic heterocycles. The van der Waals surface area contributed by atoms with Crippen LogP contribution in [0, 0.1) is 0 Å². The van der Waals surface area contributed by atoms with Gasteiger partial charge in [-0.05, 0) is 6.04 Å². The minimum absolute atomic E-state index is 0.890. The summed E-state index contributed by atoms with van der Waals surface area (Å²) in [6.07, 6.45) is 1.08. The molecule has 16 heteroatoms. The molecule has 0 aromatic heterocycles. The predicted molar refractivity (Wildman–Crippen MR) is 90.7 cm³/mol. The van der Waals surface area contributed by atoms with Gasteiger partial charge in [-0.3, -0.25) is 0 Å². The van der Waals surface area contributed by atoms with Crippen LogP contribution in [0.5, 0.6) is 0 Å². The molecule has 8 nitrogen and oxygen atoms in total. The van der Waals surface area contributed by atoms with E-state index in [0.717, 1.165) is 12.5 Å². The SMILES string of the molecule is CCC[SiH]1O[SiH2]O[SiH2]O[SiH2]O[SiH2]O[SiH2]O[SiH2]O[SiH2]O1. The summed E-state index contributed by atoms with van der Waals surface area (Å²) in [7, 11) is -7.95. The molecule has 0 amide bonds. The van der Waals surface area contributed by atoms with Gasteiger partial charge in [0.05, 0.1) is 0 Å². The van der Waals surface area contributed by atoms with Crippen LogP contribution in [0.3, 0.4) is 0 Å². The highest BCUT2D eigenvalue weighted by Crippen LogP contribution is 1.99. The first-order valence-electron chi connectivity index (χ1n) is 6.13. The third-order valence-corrected chi connectivity index (χ3v) is 15.1. The Kier molecular flexibility index (Phi) is 14.0. The van der Waals surface area contributed by atoms with Crippen LogP contribution in [-0.2, 0) is 32.9 Å². The van der Waals surface area contributed by atoms with E-state index in [4.69, 9.17) is 32.9 Å². The Morgan fingerprint density at radius 2 is 1.00 bits per heavy atom. The molecule has 0 aromatic rings. The Morgan fingerprint density at radius 1 is 0.632 bits per heavy atom. The predicted octanol–water partition coefficient (Wildman–Crippen LogP) is -6.25. The van der Waals surface area contributed by atoms with E-state index in [9.17, 15) is 0 Å². The van der Waals surface area contributed by atoms with Crippen LogP contribution in [0.4, 0.5) is 0 Å². The first-order chi connectivity index (χ1) is 9.43. The lowest BCUT2D eigenvalue weighted by molar-refractivity contribution is 0.337. The first kappa shape index (κ1) is 18.5. The lowest BCUT2D eigenvalue weighted by atomic mass is 10.6. The van der Waals surface area contributed by atoms with Gasteiger partial charge in [0, 0.05) is 0 Å². The zero-order valence-corrected chi connectivity index (χ0v) is 22.3. The molecule has 0 aliphatic carbocycles. The Balaban J connectivity index is 2.19. The quantitative estimate of drug-likeness (QED) is 0.416. The molecule has 114 valence electrons. The van der Waals surface area contributed by atoms with E-state index < -0.39 is 79.3 Å². The summed E-state index contributed by atoms with van der Waals surface area (Å²) in [5.41, 5.74) is 0. The van der Waals surface area contributed by atoms with Crippen molar-refractivity contribution in [3.05, 3.63) is 0 Å². The van der Waals surface area contributed by atoms with Crippen molar-refractivity contribution in [2.75, 3.05) is 0 Å². The molecule has 0 unspecified atom stereocenters. The summed E-state index contributed by atoms with van der Waals surface area (Å²) in [4.78, 5) is 0. The third-order valence-electron chi connectivity index (χ3n) is 2.03. The second-order valence-electron chi connectivity index (χ2n) is 3.60. The van der Waals surface area contributed by atoms with Crippen LogP contribution in [0.25, 0.3) is 0 Å². The summed E-state index contributed by atoms with van der Waals surface area (Å²) in [6, 6.07) is 1.01. The molecule has 0 N–H and O–H groups in total. The van der Waals surface area contributed by atoms with E-state index in [1.807, 2.05) is 0 Å². The van der Waals surface area contributed by atoms with Crippen LogP contribution in [0.2, 0.25) is 6.04 Å². The van der Waals surface area contributed by atoms with Crippen LogP contribution >= 0.6 is 0 Å². The molecule has 1 saturated heterocycles. The molecule has 1 aliphatic rings. The average Bonchev–Trinajstić information content (AvgIpc) is 2.41. The Labute approximate surface area is 131 Å². The largest absolute Gasteiger partial charge is 0.425 e. The van der Waals surface area contributed by atoms with E-state index in [-0.39, 0.29) is 0 Å². The van der Waals surface area contributed by atoms with Crippen molar-refractivity contribution in [3.63, 3.8) is 0 Å². The summed E-state index contributed by atoms with van der Waals surface area (Å²) >= 11 is 0. The summed E-state index contributed by atoms with van der Waals surface area (Å²) in [5, 5.41) is 0. The Bertz CT molecular complexity index is 185. The number of rotatable bonds is 2. The lowest BCUT2D eigenvalue weighted by Crippen LogP contribution is -2.30. The minimum atomic E-state index is -1.56. The fourth-order valence-corrected chi connectivity index (χ4v) is 17.3. The fraction of sp³-hybridized carbons (Fsp3) is 1.00. The van der Waals surface area contributed by atoms with Gasteiger partial charge in [-0.1, -0.05) is 13.3 Å². The van der Waals surface area contributed by atoms with Gasteiger partial charge in [0.2, 0.25) is 0 Å². The molecule has 0 radical (unpaired) electrons. The van der Waals surface area contributed by atoms with Crippen molar-refractivity contribution >= 4 is 79.3 Å². The number of hydrogen-bond donors (Lipinski definition) is 0. The highest BCUT2D eigenvalue weighted by atomic mass is 28.4. The zero-order valence-electron chi connectivity index (χ0n) is 11.2. The van der Waals surface area contributed by atoms with Gasteiger partial charge in [-0.15, -0.1) is 0 Å². The van der Waals surface area contributed by atoms with Crippen LogP contribution in [-0.4, -0.2) is 79.3 Å². The summed E-state index contributed by atoms with van der Waals surface area (Å²) in [6.45, 7) is 2.13. The van der Waals surface area contributed by atoms with Crippen molar-refractivity contribution in [1.82, 2.24) is 0 Å². The Morgan fingerprint density at radius 3 is 1.37 bits per heavy atom. The average molecular weight is 411 g/mol. The first-order valence-corrected chi connectivity index (χ1v) is 16.0. The maximum Gasteiger partial charge on any atom is 0.303 e. The smallest absolute Gasteiger partial charge is 0.303 e. The van der Waals surface area contributed by atoms with Gasteiger partial charge < -0.3 is 32.9 Å². The summed E-state index contributed by atoms with van der Waals surface area (Å²) < 4.78 is 44.1. The topological polar surface area (TPSA) is 73.8 Å². The van der Waals surface area contributed by atoms with E-state index >= 15 is 0 Å². The lowest BCUT2D eigenvalue weighted by Gasteiger charge is -2.17. The fourth-order valence-electron chi connectivity index (χ4n) is 1.20. The van der Waals surface area contributed by atoms with Gasteiger partial charge in [0.15, 0.2) is 0 Å². The van der Waals surface area contributed by atoms with Gasteiger partial charge in [0.25, 0.3) is 70.0 Å². The van der Waals surface area contributed by atoms with E-state index in [0.29, 0.717) is 0 Å². The molecule has 0 bridgehead atoms. The van der Waals surface area contributed by atoms with Gasteiger partial charge >= 0.3 is 9.28 Å². The third kappa shape index (κ3) is 11.7. The molecule has 0 atom stereocenters. The second-order valence-corrected chi connectivity index (χ2v) is 19.2. The van der Waals surface area contributed by atoms with Crippen molar-refractivity contribution in [1.29, 1.82) is 0 Å².